The molecule has 9 nitrogen and oxygen atoms in total. The number of nitrogens with zero attached hydrogens (tertiary/aromatic N) is 4. The summed E-state index contributed by atoms with van der Waals surface area (Å²) in [7, 11) is -0.716. The first kappa shape index (κ1) is 15.4. The van der Waals surface area contributed by atoms with Crippen LogP contribution in [-0.2, 0) is 23.6 Å². The lowest BCUT2D eigenvalue weighted by Crippen LogP contribution is -2.25. The van der Waals surface area contributed by atoms with Gasteiger partial charge < -0.3 is 5.73 Å². The lowest BCUT2D eigenvalue weighted by molar-refractivity contribution is -0.383. The normalized spacial score (nSPS) is 12.0. The predicted molar refractivity (Wildman–Crippen MR) is 77.2 cm³/mol. The first-order chi connectivity index (χ1) is 9.71. The summed E-state index contributed by atoms with van der Waals surface area (Å²) in [5, 5.41) is 14.6. The van der Waals surface area contributed by atoms with Gasteiger partial charge in [-0.15, -0.1) is 0 Å². The maximum absolute atomic E-state index is 12.4. The molecule has 0 bridgehead atoms. The second-order valence-electron chi connectivity index (χ2n) is 4.36. The van der Waals surface area contributed by atoms with E-state index < -0.39 is 20.6 Å². The Balaban J connectivity index is 2.28. The third kappa shape index (κ3) is 3.04. The second-order valence-corrected chi connectivity index (χ2v) is 7.71. The van der Waals surface area contributed by atoms with Gasteiger partial charge in [0.25, 0.3) is 10.0 Å². The standard InChI is InChI=1S/C10H13N5O4S2/c1-13-5-7(4-12-13)6-14(2)21(18,19)9-3-8(15(16)17)10(11)20-9/h3-5H,6,11H2,1-2H3. The van der Waals surface area contributed by atoms with Crippen LogP contribution in [-0.4, -0.2) is 34.5 Å². The van der Waals surface area contributed by atoms with Gasteiger partial charge in [0.1, 0.15) is 4.21 Å². The fourth-order valence-electron chi connectivity index (χ4n) is 1.69. The molecule has 21 heavy (non-hydrogen) atoms. The van der Waals surface area contributed by atoms with E-state index in [1.54, 1.807) is 24.1 Å². The molecule has 0 saturated heterocycles. The summed E-state index contributed by atoms with van der Waals surface area (Å²) in [5.41, 5.74) is 5.79. The highest BCUT2D eigenvalue weighted by atomic mass is 32.2. The van der Waals surface area contributed by atoms with Crippen LogP contribution in [0.25, 0.3) is 0 Å². The van der Waals surface area contributed by atoms with Crippen molar-refractivity contribution in [1.29, 1.82) is 0 Å². The Kier molecular flexibility index (Phi) is 3.98. The zero-order valence-corrected chi connectivity index (χ0v) is 12.9. The average Bonchev–Trinajstić information content (AvgIpc) is 2.95. The summed E-state index contributed by atoms with van der Waals surface area (Å²) in [6.45, 7) is 0.113. The Morgan fingerprint density at radius 3 is 2.71 bits per heavy atom. The molecule has 2 aromatic heterocycles. The van der Waals surface area contributed by atoms with Crippen molar-refractivity contribution >= 4 is 32.0 Å². The predicted octanol–water partition coefficient (Wildman–Crippen LogP) is 0.793. The van der Waals surface area contributed by atoms with Crippen molar-refractivity contribution in [1.82, 2.24) is 14.1 Å². The molecule has 2 rings (SSSR count). The van der Waals surface area contributed by atoms with Crippen molar-refractivity contribution in [3.63, 3.8) is 0 Å². The largest absolute Gasteiger partial charge is 0.385 e. The maximum Gasteiger partial charge on any atom is 0.304 e. The molecule has 2 heterocycles. The lowest BCUT2D eigenvalue weighted by atomic mass is 10.4. The molecule has 114 valence electrons. The minimum absolute atomic E-state index is 0.113. The van der Waals surface area contributed by atoms with Crippen LogP contribution in [0.4, 0.5) is 10.7 Å². The number of hydrogen-bond donors (Lipinski definition) is 1. The van der Waals surface area contributed by atoms with Crippen molar-refractivity contribution in [3.05, 3.63) is 34.1 Å². The Labute approximate surface area is 124 Å². The molecule has 2 N–H and O–H groups in total. The Bertz CT molecular complexity index is 779. The highest BCUT2D eigenvalue weighted by Gasteiger charge is 2.28. The van der Waals surface area contributed by atoms with Crippen LogP contribution < -0.4 is 5.73 Å². The third-order valence-corrected chi connectivity index (χ3v) is 5.95. The van der Waals surface area contributed by atoms with Crippen LogP contribution in [0.2, 0.25) is 0 Å². The second kappa shape index (κ2) is 5.42. The Morgan fingerprint density at radius 1 is 1.57 bits per heavy atom. The molecule has 0 spiro atoms. The summed E-state index contributed by atoms with van der Waals surface area (Å²) < 4.78 is 27.2. The number of thiophene rings is 1. The van der Waals surface area contributed by atoms with Gasteiger partial charge in [0.15, 0.2) is 5.00 Å². The highest BCUT2D eigenvalue weighted by Crippen LogP contribution is 2.35. The van der Waals surface area contributed by atoms with Crippen molar-refractivity contribution in [2.24, 2.45) is 7.05 Å². The van der Waals surface area contributed by atoms with Crippen molar-refractivity contribution in [2.75, 3.05) is 12.8 Å². The number of nitro groups is 1. The molecule has 0 amide bonds. The summed E-state index contributed by atoms with van der Waals surface area (Å²) >= 11 is 0.679. The molecule has 0 aliphatic rings. The van der Waals surface area contributed by atoms with E-state index in [-0.39, 0.29) is 15.8 Å². The van der Waals surface area contributed by atoms with Crippen molar-refractivity contribution in [2.45, 2.75) is 10.8 Å². The molecule has 0 aliphatic heterocycles. The fraction of sp³-hybridized carbons (Fsp3) is 0.300. The first-order valence-electron chi connectivity index (χ1n) is 5.69. The summed E-state index contributed by atoms with van der Waals surface area (Å²) in [6, 6.07) is 0.981. The Morgan fingerprint density at radius 2 is 2.24 bits per heavy atom. The molecular weight excluding hydrogens is 318 g/mol. The summed E-state index contributed by atoms with van der Waals surface area (Å²) in [5.74, 6) is 0. The molecule has 0 fully saturated rings. The number of aromatic nitrogens is 2. The smallest absolute Gasteiger partial charge is 0.304 e. The molecule has 0 aromatic carbocycles. The molecule has 0 atom stereocenters. The first-order valence-corrected chi connectivity index (χ1v) is 7.95. The molecule has 0 aliphatic carbocycles. The molecule has 11 heteroatoms. The minimum atomic E-state index is -3.83. The highest BCUT2D eigenvalue weighted by molar-refractivity contribution is 7.91. The van der Waals surface area contributed by atoms with Crippen LogP contribution in [0.5, 0.6) is 0 Å². The Hall–Kier alpha value is -1.98. The number of rotatable bonds is 5. The van der Waals surface area contributed by atoms with E-state index in [1.807, 2.05) is 0 Å². The van der Waals surface area contributed by atoms with Gasteiger partial charge in [-0.3, -0.25) is 14.8 Å². The topological polar surface area (TPSA) is 124 Å². The number of nitrogen functional groups attached to an aromatic ring is 1. The van der Waals surface area contributed by atoms with E-state index >= 15 is 0 Å². The quantitative estimate of drug-likeness (QED) is 0.638. The van der Waals surface area contributed by atoms with E-state index in [4.69, 9.17) is 5.73 Å². The number of aryl methyl sites for hydroxylation is 1. The van der Waals surface area contributed by atoms with Crippen LogP contribution in [0, 0.1) is 10.1 Å². The number of hydrogen-bond acceptors (Lipinski definition) is 7. The van der Waals surface area contributed by atoms with Gasteiger partial charge >= 0.3 is 5.69 Å². The van der Waals surface area contributed by atoms with Crippen LogP contribution in [0.15, 0.2) is 22.7 Å². The maximum atomic E-state index is 12.4. The van der Waals surface area contributed by atoms with E-state index in [9.17, 15) is 18.5 Å². The van der Waals surface area contributed by atoms with Crippen LogP contribution in [0.3, 0.4) is 0 Å². The zero-order valence-electron chi connectivity index (χ0n) is 11.3. The van der Waals surface area contributed by atoms with Gasteiger partial charge in [-0.1, -0.05) is 11.3 Å². The fourth-order valence-corrected chi connectivity index (χ4v) is 4.28. The van der Waals surface area contributed by atoms with Gasteiger partial charge in [-0.25, -0.2) is 8.42 Å². The number of nitrogens with two attached hydrogens (primary N) is 1. The monoisotopic (exact) mass is 331 g/mol. The van der Waals surface area contributed by atoms with E-state index in [0.717, 1.165) is 10.4 Å². The van der Waals surface area contributed by atoms with E-state index in [2.05, 4.69) is 5.10 Å². The summed E-state index contributed by atoms with van der Waals surface area (Å²) in [6.07, 6.45) is 3.24. The molecule has 0 saturated carbocycles. The summed E-state index contributed by atoms with van der Waals surface area (Å²) in [4.78, 5) is 10.0. The third-order valence-electron chi connectivity index (χ3n) is 2.74. The van der Waals surface area contributed by atoms with Gasteiger partial charge in [0, 0.05) is 38.5 Å². The molecule has 0 unspecified atom stereocenters. The van der Waals surface area contributed by atoms with Gasteiger partial charge in [0.2, 0.25) is 0 Å². The average molecular weight is 331 g/mol. The van der Waals surface area contributed by atoms with Gasteiger partial charge in [-0.05, 0) is 0 Å². The molecule has 0 radical (unpaired) electrons. The SMILES string of the molecule is CN(Cc1cnn(C)c1)S(=O)(=O)c1cc([N+](=O)[O-])c(N)s1. The molecular formula is C10H13N5O4S2. The zero-order chi connectivity index (χ0) is 15.8. The van der Waals surface area contributed by atoms with Crippen LogP contribution in [0.1, 0.15) is 5.56 Å². The molecule has 2 aromatic rings. The van der Waals surface area contributed by atoms with E-state index in [1.165, 1.54) is 7.05 Å². The minimum Gasteiger partial charge on any atom is -0.385 e. The van der Waals surface area contributed by atoms with Gasteiger partial charge in [0.05, 0.1) is 11.1 Å². The van der Waals surface area contributed by atoms with Crippen molar-refractivity contribution < 1.29 is 13.3 Å². The lowest BCUT2D eigenvalue weighted by Gasteiger charge is -2.14. The number of sulfonamides is 1. The van der Waals surface area contributed by atoms with Crippen LogP contribution >= 0.6 is 11.3 Å². The van der Waals surface area contributed by atoms with Gasteiger partial charge in [-0.2, -0.15) is 9.40 Å². The number of anilines is 1. The van der Waals surface area contributed by atoms with E-state index in [0.29, 0.717) is 16.9 Å². The van der Waals surface area contributed by atoms with Crippen molar-refractivity contribution in [3.8, 4) is 0 Å².